The second-order valence-corrected chi connectivity index (χ2v) is 8.31. The minimum Gasteiger partial charge on any atom is -0.271 e. The maximum Gasteiger partial charge on any atom is 0.0380 e. The third-order valence-electron chi connectivity index (χ3n) is 3.45. The summed E-state index contributed by atoms with van der Waals surface area (Å²) in [6.07, 6.45) is 2.21. The third kappa shape index (κ3) is 4.39. The summed E-state index contributed by atoms with van der Waals surface area (Å²) >= 11 is 7.71. The first-order valence-electron chi connectivity index (χ1n) is 6.68. The van der Waals surface area contributed by atoms with Crippen molar-refractivity contribution in [2.24, 2.45) is 5.84 Å². The van der Waals surface area contributed by atoms with E-state index in [2.05, 4.69) is 76.1 Å². The van der Waals surface area contributed by atoms with E-state index in [-0.39, 0.29) is 0 Å². The molecule has 1 heterocycles. The number of nitrogens with two attached hydrogens (primary N) is 1. The number of hydrogen-bond donors (Lipinski definition) is 2. The van der Waals surface area contributed by atoms with Crippen LogP contribution in [0.4, 0.5) is 0 Å². The van der Waals surface area contributed by atoms with Gasteiger partial charge in [0.2, 0.25) is 0 Å². The fourth-order valence-electron chi connectivity index (χ4n) is 2.50. The maximum absolute atomic E-state index is 5.82. The molecule has 1 aliphatic heterocycles. The van der Waals surface area contributed by atoms with E-state index in [1.165, 1.54) is 23.5 Å². The Hall–Kier alpha value is 0.320. The predicted octanol–water partition coefficient (Wildman–Crippen LogP) is 3.45. The Morgan fingerprint density at radius 3 is 2.89 bits per heavy atom. The summed E-state index contributed by atoms with van der Waals surface area (Å²) in [5.41, 5.74) is 4.39. The van der Waals surface area contributed by atoms with Crippen molar-refractivity contribution < 1.29 is 0 Å². The van der Waals surface area contributed by atoms with Crippen molar-refractivity contribution in [2.75, 3.05) is 11.5 Å². The van der Waals surface area contributed by atoms with E-state index in [1.54, 1.807) is 0 Å². The van der Waals surface area contributed by atoms with Crippen molar-refractivity contribution in [1.82, 2.24) is 5.43 Å². The van der Waals surface area contributed by atoms with Gasteiger partial charge in [-0.05, 0) is 30.5 Å². The SMILES string of the molecule is CCC1SCCSC1C(Cc1cccc(Br)c1)NN. The molecule has 1 aliphatic rings. The first-order valence-corrected chi connectivity index (χ1v) is 9.57. The van der Waals surface area contributed by atoms with Gasteiger partial charge in [-0.2, -0.15) is 23.5 Å². The van der Waals surface area contributed by atoms with Crippen molar-refractivity contribution in [3.8, 4) is 0 Å². The maximum atomic E-state index is 5.82. The van der Waals surface area contributed by atoms with Gasteiger partial charge in [0.05, 0.1) is 0 Å². The summed E-state index contributed by atoms with van der Waals surface area (Å²) in [6.45, 7) is 2.28. The van der Waals surface area contributed by atoms with Crippen molar-refractivity contribution >= 4 is 39.5 Å². The van der Waals surface area contributed by atoms with E-state index < -0.39 is 0 Å². The number of nitrogens with one attached hydrogen (secondary N) is 1. The van der Waals surface area contributed by atoms with Crippen LogP contribution in [0.3, 0.4) is 0 Å². The molecule has 1 fully saturated rings. The molecule has 0 spiro atoms. The highest BCUT2D eigenvalue weighted by Crippen LogP contribution is 2.35. The van der Waals surface area contributed by atoms with Gasteiger partial charge >= 0.3 is 0 Å². The average molecular weight is 361 g/mol. The Labute approximate surface area is 132 Å². The molecule has 1 saturated heterocycles. The van der Waals surface area contributed by atoms with Crippen LogP contribution in [0.5, 0.6) is 0 Å². The fourth-order valence-corrected chi connectivity index (χ4v) is 6.19. The Balaban J connectivity index is 2.06. The molecule has 3 unspecified atom stereocenters. The molecule has 0 radical (unpaired) electrons. The highest BCUT2D eigenvalue weighted by atomic mass is 79.9. The summed E-state index contributed by atoms with van der Waals surface area (Å²) in [5.74, 6) is 8.33. The van der Waals surface area contributed by atoms with Crippen molar-refractivity contribution in [3.63, 3.8) is 0 Å². The molecular formula is C14H21BrN2S2. The van der Waals surface area contributed by atoms with E-state index in [0.717, 1.165) is 10.9 Å². The van der Waals surface area contributed by atoms with Gasteiger partial charge in [0.15, 0.2) is 0 Å². The van der Waals surface area contributed by atoms with Gasteiger partial charge in [0, 0.05) is 32.5 Å². The second-order valence-electron chi connectivity index (χ2n) is 4.76. The van der Waals surface area contributed by atoms with Crippen LogP contribution in [0.25, 0.3) is 0 Å². The van der Waals surface area contributed by atoms with Crippen LogP contribution in [-0.2, 0) is 6.42 Å². The molecule has 0 saturated carbocycles. The van der Waals surface area contributed by atoms with Crippen molar-refractivity contribution in [3.05, 3.63) is 34.3 Å². The zero-order chi connectivity index (χ0) is 13.7. The zero-order valence-electron chi connectivity index (χ0n) is 11.1. The van der Waals surface area contributed by atoms with Crippen LogP contribution in [0.15, 0.2) is 28.7 Å². The van der Waals surface area contributed by atoms with E-state index in [1.807, 2.05) is 0 Å². The summed E-state index contributed by atoms with van der Waals surface area (Å²) in [7, 11) is 0. The molecule has 0 aliphatic carbocycles. The summed E-state index contributed by atoms with van der Waals surface area (Å²) in [5, 5.41) is 1.32. The largest absolute Gasteiger partial charge is 0.271 e. The summed E-state index contributed by atoms with van der Waals surface area (Å²) in [6, 6.07) is 8.86. The second kappa shape index (κ2) is 7.93. The first kappa shape index (κ1) is 15.7. The lowest BCUT2D eigenvalue weighted by molar-refractivity contribution is 0.490. The number of benzene rings is 1. The average Bonchev–Trinajstić information content (AvgIpc) is 2.45. The normalized spacial score (nSPS) is 25.2. The minimum atomic E-state index is 0.344. The molecule has 0 bridgehead atoms. The lowest BCUT2D eigenvalue weighted by Crippen LogP contribution is -2.49. The zero-order valence-corrected chi connectivity index (χ0v) is 14.4. The minimum absolute atomic E-state index is 0.344. The van der Waals surface area contributed by atoms with E-state index in [9.17, 15) is 0 Å². The lowest BCUT2D eigenvalue weighted by Gasteiger charge is -2.35. The number of halogens is 1. The van der Waals surface area contributed by atoms with Gasteiger partial charge < -0.3 is 0 Å². The molecule has 5 heteroatoms. The number of hydrogen-bond acceptors (Lipinski definition) is 4. The van der Waals surface area contributed by atoms with Gasteiger partial charge in [-0.25, -0.2) is 0 Å². The summed E-state index contributed by atoms with van der Waals surface area (Å²) < 4.78 is 1.14. The smallest absolute Gasteiger partial charge is 0.0380 e. The van der Waals surface area contributed by atoms with Crippen LogP contribution in [-0.4, -0.2) is 28.0 Å². The molecule has 1 aromatic carbocycles. The van der Waals surface area contributed by atoms with Crippen molar-refractivity contribution in [2.45, 2.75) is 36.3 Å². The van der Waals surface area contributed by atoms with Crippen LogP contribution in [0.1, 0.15) is 18.9 Å². The summed E-state index contributed by atoms with van der Waals surface area (Å²) in [4.78, 5) is 0. The van der Waals surface area contributed by atoms with Gasteiger partial charge in [-0.15, -0.1) is 0 Å². The molecule has 0 amide bonds. The molecule has 19 heavy (non-hydrogen) atoms. The predicted molar refractivity (Wildman–Crippen MR) is 91.7 cm³/mol. The highest BCUT2D eigenvalue weighted by molar-refractivity contribution is 9.10. The fraction of sp³-hybridized carbons (Fsp3) is 0.571. The first-order chi connectivity index (χ1) is 9.24. The molecular weight excluding hydrogens is 340 g/mol. The molecule has 1 aromatic rings. The Morgan fingerprint density at radius 1 is 1.42 bits per heavy atom. The monoisotopic (exact) mass is 360 g/mol. The molecule has 3 N–H and O–H groups in total. The van der Waals surface area contributed by atoms with Crippen LogP contribution >= 0.6 is 39.5 Å². The number of rotatable bonds is 5. The van der Waals surface area contributed by atoms with E-state index >= 15 is 0 Å². The van der Waals surface area contributed by atoms with Crippen LogP contribution in [0.2, 0.25) is 0 Å². The van der Waals surface area contributed by atoms with Gasteiger partial charge in [-0.3, -0.25) is 11.3 Å². The quantitative estimate of drug-likeness (QED) is 0.622. The van der Waals surface area contributed by atoms with E-state index in [0.29, 0.717) is 16.5 Å². The topological polar surface area (TPSA) is 38.0 Å². The van der Waals surface area contributed by atoms with Crippen LogP contribution in [0, 0.1) is 0 Å². The molecule has 2 nitrogen and oxygen atoms in total. The lowest BCUT2D eigenvalue weighted by atomic mass is 10.0. The number of thioether (sulfide) groups is 2. The molecule has 2 rings (SSSR count). The standard InChI is InChI=1S/C14H21BrN2S2/c1-2-13-14(19-7-6-18-13)12(17-16)9-10-4-3-5-11(15)8-10/h3-5,8,12-14,17H,2,6-7,9,16H2,1H3. The van der Waals surface area contributed by atoms with Crippen molar-refractivity contribution in [1.29, 1.82) is 0 Å². The highest BCUT2D eigenvalue weighted by Gasteiger charge is 2.31. The molecule has 106 valence electrons. The Bertz CT molecular complexity index is 403. The van der Waals surface area contributed by atoms with E-state index in [4.69, 9.17) is 5.84 Å². The number of hydrazine groups is 1. The molecule has 0 aromatic heterocycles. The van der Waals surface area contributed by atoms with Crippen LogP contribution < -0.4 is 11.3 Å². The molecule has 3 atom stereocenters. The van der Waals surface area contributed by atoms with Gasteiger partial charge in [0.1, 0.15) is 0 Å². The third-order valence-corrected chi connectivity index (χ3v) is 7.35. The van der Waals surface area contributed by atoms with Gasteiger partial charge in [0.25, 0.3) is 0 Å². The Morgan fingerprint density at radius 2 is 2.21 bits per heavy atom. The van der Waals surface area contributed by atoms with Gasteiger partial charge in [-0.1, -0.05) is 35.0 Å². The Kier molecular flexibility index (Phi) is 6.56.